The molecular formula is C9H13FN2O. The van der Waals surface area contributed by atoms with Crippen LogP contribution in [0.4, 0.5) is 10.2 Å². The molecule has 0 radical (unpaired) electrons. The van der Waals surface area contributed by atoms with Crippen LogP contribution in [0.1, 0.15) is 13.3 Å². The topological polar surface area (TPSA) is 45.1 Å². The number of aliphatic hydroxyl groups excluding tert-OH is 1. The number of nitrogens with zero attached hydrogens (tertiary/aromatic N) is 1. The zero-order valence-corrected chi connectivity index (χ0v) is 7.50. The lowest BCUT2D eigenvalue weighted by molar-refractivity contribution is 0.271. The molecule has 3 nitrogen and oxygen atoms in total. The monoisotopic (exact) mass is 184 g/mol. The van der Waals surface area contributed by atoms with Crippen molar-refractivity contribution in [1.29, 1.82) is 0 Å². The quantitative estimate of drug-likeness (QED) is 0.743. The number of hydrogen-bond acceptors (Lipinski definition) is 3. The van der Waals surface area contributed by atoms with Crippen molar-refractivity contribution in [2.24, 2.45) is 0 Å². The molecule has 1 rings (SSSR count). The van der Waals surface area contributed by atoms with Crippen LogP contribution in [0.2, 0.25) is 0 Å². The van der Waals surface area contributed by atoms with Crippen LogP contribution in [0.5, 0.6) is 0 Å². The molecule has 0 saturated carbocycles. The van der Waals surface area contributed by atoms with E-state index in [0.29, 0.717) is 0 Å². The summed E-state index contributed by atoms with van der Waals surface area (Å²) in [7, 11) is 0. The Bertz CT molecular complexity index is 264. The highest BCUT2D eigenvalue weighted by Gasteiger charge is 2.07. The van der Waals surface area contributed by atoms with Gasteiger partial charge in [-0.05, 0) is 18.6 Å². The molecule has 0 aliphatic carbocycles. The van der Waals surface area contributed by atoms with E-state index < -0.39 is 5.82 Å². The van der Waals surface area contributed by atoms with Crippen molar-refractivity contribution in [2.75, 3.05) is 11.9 Å². The Labute approximate surface area is 76.6 Å². The predicted molar refractivity (Wildman–Crippen MR) is 49.0 cm³/mol. The van der Waals surface area contributed by atoms with E-state index in [9.17, 15) is 4.39 Å². The third-order valence-corrected chi connectivity index (χ3v) is 1.81. The van der Waals surface area contributed by atoms with E-state index in [1.54, 1.807) is 0 Å². The number of pyridine rings is 1. The van der Waals surface area contributed by atoms with Gasteiger partial charge in [0.25, 0.3) is 0 Å². The van der Waals surface area contributed by atoms with Crippen LogP contribution in [0.15, 0.2) is 18.3 Å². The molecule has 1 atom stereocenters. The molecule has 1 aromatic rings. The average molecular weight is 184 g/mol. The van der Waals surface area contributed by atoms with Gasteiger partial charge < -0.3 is 10.4 Å². The van der Waals surface area contributed by atoms with Crippen LogP contribution in [0.3, 0.4) is 0 Å². The predicted octanol–water partition coefficient (Wildman–Crippen LogP) is 1.40. The molecular weight excluding hydrogens is 171 g/mol. The van der Waals surface area contributed by atoms with Gasteiger partial charge in [-0.2, -0.15) is 0 Å². The molecule has 0 saturated heterocycles. The Morgan fingerprint density at radius 3 is 3.00 bits per heavy atom. The molecule has 0 spiro atoms. The van der Waals surface area contributed by atoms with Gasteiger partial charge >= 0.3 is 0 Å². The Morgan fingerprint density at radius 1 is 1.69 bits per heavy atom. The van der Waals surface area contributed by atoms with E-state index in [2.05, 4.69) is 10.3 Å². The number of aliphatic hydroxyl groups is 1. The Balaban J connectivity index is 2.67. The largest absolute Gasteiger partial charge is 0.394 e. The molecule has 4 heteroatoms. The molecule has 0 aliphatic rings. The molecule has 0 amide bonds. The lowest BCUT2D eigenvalue weighted by atomic mass is 10.2. The molecule has 0 aromatic carbocycles. The van der Waals surface area contributed by atoms with E-state index in [4.69, 9.17) is 5.11 Å². The normalized spacial score (nSPS) is 12.5. The van der Waals surface area contributed by atoms with Crippen LogP contribution in [0.25, 0.3) is 0 Å². The fraction of sp³-hybridized carbons (Fsp3) is 0.444. The molecule has 0 aliphatic heterocycles. The molecule has 1 aromatic heterocycles. The SMILES string of the molecule is CC[C@@H](CO)Nc1ncccc1F. The van der Waals surface area contributed by atoms with Crippen molar-refractivity contribution >= 4 is 5.82 Å². The first kappa shape index (κ1) is 9.92. The van der Waals surface area contributed by atoms with Crippen LogP contribution in [0, 0.1) is 5.82 Å². The van der Waals surface area contributed by atoms with Gasteiger partial charge in [0.1, 0.15) is 0 Å². The minimum atomic E-state index is -0.394. The van der Waals surface area contributed by atoms with E-state index >= 15 is 0 Å². The molecule has 13 heavy (non-hydrogen) atoms. The number of hydrogen-bond donors (Lipinski definition) is 2. The van der Waals surface area contributed by atoms with Crippen LogP contribution >= 0.6 is 0 Å². The van der Waals surface area contributed by atoms with Gasteiger partial charge in [-0.25, -0.2) is 9.37 Å². The van der Waals surface area contributed by atoms with E-state index in [0.717, 1.165) is 6.42 Å². The molecule has 0 fully saturated rings. The van der Waals surface area contributed by atoms with E-state index in [-0.39, 0.29) is 18.5 Å². The minimum Gasteiger partial charge on any atom is -0.394 e. The summed E-state index contributed by atoms with van der Waals surface area (Å²) in [6, 6.07) is 2.73. The maximum Gasteiger partial charge on any atom is 0.165 e. The molecule has 72 valence electrons. The molecule has 1 heterocycles. The number of halogens is 1. The molecule has 2 N–H and O–H groups in total. The van der Waals surface area contributed by atoms with Gasteiger partial charge in [0.2, 0.25) is 0 Å². The summed E-state index contributed by atoms with van der Waals surface area (Å²) >= 11 is 0. The van der Waals surface area contributed by atoms with Crippen LogP contribution in [-0.4, -0.2) is 22.7 Å². The minimum absolute atomic E-state index is 0.0213. The average Bonchev–Trinajstić information content (AvgIpc) is 2.17. The highest BCUT2D eigenvalue weighted by molar-refractivity contribution is 5.36. The molecule has 0 bridgehead atoms. The van der Waals surface area contributed by atoms with Gasteiger partial charge in [0.05, 0.1) is 12.6 Å². The molecule has 0 unspecified atom stereocenters. The third-order valence-electron chi connectivity index (χ3n) is 1.81. The summed E-state index contributed by atoms with van der Waals surface area (Å²) in [5, 5.41) is 11.7. The van der Waals surface area contributed by atoms with Gasteiger partial charge in [-0.1, -0.05) is 6.92 Å². The second-order valence-electron chi connectivity index (χ2n) is 2.77. The summed E-state index contributed by atoms with van der Waals surface area (Å²) in [6.45, 7) is 1.89. The summed E-state index contributed by atoms with van der Waals surface area (Å²) in [6.07, 6.45) is 2.24. The number of rotatable bonds is 4. The number of nitrogens with one attached hydrogen (secondary N) is 1. The van der Waals surface area contributed by atoms with Crippen molar-refractivity contribution in [3.05, 3.63) is 24.1 Å². The fourth-order valence-corrected chi connectivity index (χ4v) is 0.962. The van der Waals surface area contributed by atoms with Gasteiger partial charge in [0.15, 0.2) is 11.6 Å². The standard InChI is InChI=1S/C9H13FN2O/c1-2-7(6-13)12-9-8(10)4-3-5-11-9/h3-5,7,13H,2,6H2,1H3,(H,11,12)/t7-/m0/s1. The first-order chi connectivity index (χ1) is 6.27. The lowest BCUT2D eigenvalue weighted by Gasteiger charge is -2.14. The highest BCUT2D eigenvalue weighted by Crippen LogP contribution is 2.10. The zero-order chi connectivity index (χ0) is 9.68. The van der Waals surface area contributed by atoms with Gasteiger partial charge in [-0.15, -0.1) is 0 Å². The van der Waals surface area contributed by atoms with E-state index in [1.807, 2.05) is 6.92 Å². The van der Waals surface area contributed by atoms with Crippen molar-refractivity contribution < 1.29 is 9.50 Å². The number of anilines is 1. The maximum atomic E-state index is 13.0. The summed E-state index contributed by atoms with van der Waals surface area (Å²) in [4.78, 5) is 3.82. The van der Waals surface area contributed by atoms with E-state index in [1.165, 1.54) is 18.3 Å². The Kier molecular flexibility index (Phi) is 3.64. The summed E-state index contributed by atoms with van der Waals surface area (Å²) in [5.41, 5.74) is 0. The van der Waals surface area contributed by atoms with Crippen molar-refractivity contribution in [3.63, 3.8) is 0 Å². The highest BCUT2D eigenvalue weighted by atomic mass is 19.1. The van der Waals surface area contributed by atoms with Crippen molar-refractivity contribution in [1.82, 2.24) is 4.98 Å². The zero-order valence-electron chi connectivity index (χ0n) is 7.50. The maximum absolute atomic E-state index is 13.0. The summed E-state index contributed by atoms with van der Waals surface area (Å²) in [5.74, 6) is -0.196. The van der Waals surface area contributed by atoms with Crippen LogP contribution < -0.4 is 5.32 Å². The Hall–Kier alpha value is -1.16. The van der Waals surface area contributed by atoms with Crippen molar-refractivity contribution in [3.8, 4) is 0 Å². The van der Waals surface area contributed by atoms with Crippen LogP contribution in [-0.2, 0) is 0 Å². The third kappa shape index (κ3) is 2.66. The second kappa shape index (κ2) is 4.77. The lowest BCUT2D eigenvalue weighted by Crippen LogP contribution is -2.23. The Morgan fingerprint density at radius 2 is 2.46 bits per heavy atom. The first-order valence-corrected chi connectivity index (χ1v) is 4.25. The fourth-order valence-electron chi connectivity index (χ4n) is 0.962. The summed E-state index contributed by atoms with van der Waals surface area (Å²) < 4.78 is 13.0. The second-order valence-corrected chi connectivity index (χ2v) is 2.77. The van der Waals surface area contributed by atoms with Gasteiger partial charge in [-0.3, -0.25) is 0 Å². The smallest absolute Gasteiger partial charge is 0.165 e. The number of aromatic nitrogens is 1. The van der Waals surface area contributed by atoms with Gasteiger partial charge in [0, 0.05) is 6.20 Å². The van der Waals surface area contributed by atoms with Crippen molar-refractivity contribution in [2.45, 2.75) is 19.4 Å². The first-order valence-electron chi connectivity index (χ1n) is 4.25.